The van der Waals surface area contributed by atoms with Crippen LogP contribution in [0.25, 0.3) is 0 Å². The molecule has 0 saturated carbocycles. The first-order valence-electron chi connectivity index (χ1n) is 9.85. The maximum Gasteiger partial charge on any atom is 0.255 e. The molecule has 2 aromatic rings. The lowest BCUT2D eigenvalue weighted by Crippen LogP contribution is -2.45. The number of hydrogen-bond acceptors (Lipinski definition) is 4. The smallest absolute Gasteiger partial charge is 0.255 e. The van der Waals surface area contributed by atoms with Gasteiger partial charge in [-0.25, -0.2) is 8.42 Å². The van der Waals surface area contributed by atoms with Gasteiger partial charge in [0.25, 0.3) is 5.91 Å². The van der Waals surface area contributed by atoms with Crippen LogP contribution < -0.4 is 9.62 Å². The van der Waals surface area contributed by atoms with Crippen LogP contribution in [-0.2, 0) is 14.8 Å². The average Bonchev–Trinajstić information content (AvgIpc) is 2.69. The number of benzene rings is 2. The van der Waals surface area contributed by atoms with E-state index in [0.29, 0.717) is 30.0 Å². The summed E-state index contributed by atoms with van der Waals surface area (Å²) in [6.45, 7) is 8.28. The van der Waals surface area contributed by atoms with Gasteiger partial charge in [-0.2, -0.15) is 0 Å². The third kappa shape index (κ3) is 5.38. The minimum atomic E-state index is -3.72. The minimum Gasteiger partial charge on any atom is -0.339 e. The van der Waals surface area contributed by atoms with Crippen molar-refractivity contribution < 1.29 is 18.0 Å². The van der Waals surface area contributed by atoms with Crippen molar-refractivity contribution in [3.63, 3.8) is 0 Å². The first-order chi connectivity index (χ1) is 14.1. The molecule has 0 saturated heterocycles. The highest BCUT2D eigenvalue weighted by molar-refractivity contribution is 7.92. The third-order valence-electron chi connectivity index (χ3n) is 4.84. The second kappa shape index (κ2) is 9.75. The highest BCUT2D eigenvalue weighted by Gasteiger charge is 2.30. The van der Waals surface area contributed by atoms with Gasteiger partial charge in [-0.15, -0.1) is 0 Å². The molecule has 162 valence electrons. The fourth-order valence-corrected chi connectivity index (χ4v) is 4.37. The quantitative estimate of drug-likeness (QED) is 0.695. The Morgan fingerprint density at radius 1 is 1.00 bits per heavy atom. The molecule has 0 unspecified atom stereocenters. The normalized spacial score (nSPS) is 12.2. The lowest BCUT2D eigenvalue weighted by molar-refractivity contribution is -0.116. The number of nitrogens with one attached hydrogen (secondary N) is 1. The van der Waals surface area contributed by atoms with Gasteiger partial charge in [0.2, 0.25) is 15.9 Å². The summed E-state index contributed by atoms with van der Waals surface area (Å²) in [5.41, 5.74) is 2.10. The fourth-order valence-electron chi connectivity index (χ4n) is 3.20. The molecule has 0 aliphatic carbocycles. The number of aryl methyl sites for hydroxylation is 1. The Kier molecular flexibility index (Phi) is 7.61. The van der Waals surface area contributed by atoms with Gasteiger partial charge in [-0.3, -0.25) is 13.9 Å². The maximum absolute atomic E-state index is 13.0. The van der Waals surface area contributed by atoms with E-state index >= 15 is 0 Å². The van der Waals surface area contributed by atoms with E-state index in [-0.39, 0.29) is 5.91 Å². The van der Waals surface area contributed by atoms with E-state index in [9.17, 15) is 18.0 Å². The number of amides is 2. The van der Waals surface area contributed by atoms with Gasteiger partial charge >= 0.3 is 0 Å². The van der Waals surface area contributed by atoms with Crippen LogP contribution in [0.3, 0.4) is 0 Å². The fraction of sp³-hybridized carbons (Fsp3) is 0.364. The molecule has 0 radical (unpaired) electrons. The summed E-state index contributed by atoms with van der Waals surface area (Å²) < 4.78 is 26.0. The van der Waals surface area contributed by atoms with E-state index in [1.54, 1.807) is 53.4 Å². The Balaban J connectivity index is 2.34. The first-order valence-corrected chi connectivity index (χ1v) is 11.7. The van der Waals surface area contributed by atoms with Crippen molar-refractivity contribution >= 4 is 33.2 Å². The van der Waals surface area contributed by atoms with Crippen molar-refractivity contribution in [2.24, 2.45) is 0 Å². The van der Waals surface area contributed by atoms with Crippen molar-refractivity contribution in [1.82, 2.24) is 4.90 Å². The number of nitrogens with zero attached hydrogens (tertiary/aromatic N) is 2. The summed E-state index contributed by atoms with van der Waals surface area (Å²) in [5.74, 6) is -0.720. The van der Waals surface area contributed by atoms with Crippen LogP contribution in [0.15, 0.2) is 48.5 Å². The Morgan fingerprint density at radius 2 is 1.57 bits per heavy atom. The Morgan fingerprint density at radius 3 is 2.10 bits per heavy atom. The number of sulfonamides is 1. The second-order valence-electron chi connectivity index (χ2n) is 7.08. The van der Waals surface area contributed by atoms with Crippen LogP contribution in [0.1, 0.15) is 36.7 Å². The lowest BCUT2D eigenvalue weighted by Gasteiger charge is -2.28. The van der Waals surface area contributed by atoms with Crippen LogP contribution >= 0.6 is 0 Å². The lowest BCUT2D eigenvalue weighted by atomic mass is 10.1. The van der Waals surface area contributed by atoms with Crippen LogP contribution in [0.5, 0.6) is 0 Å². The molecule has 7 nitrogen and oxygen atoms in total. The van der Waals surface area contributed by atoms with Gasteiger partial charge in [-0.1, -0.05) is 29.8 Å². The summed E-state index contributed by atoms with van der Waals surface area (Å²) >= 11 is 0. The molecule has 1 N–H and O–H groups in total. The molecule has 0 aromatic heterocycles. The number of rotatable bonds is 8. The molecule has 2 rings (SSSR count). The molecule has 1 atom stereocenters. The SMILES string of the molecule is CCN(CC)C(=O)c1ccccc1NC(=O)[C@@H](C)N(c1ccc(C)cc1)S(C)(=O)=O. The summed E-state index contributed by atoms with van der Waals surface area (Å²) in [7, 11) is -3.72. The van der Waals surface area contributed by atoms with Crippen molar-refractivity contribution in [3.8, 4) is 0 Å². The highest BCUT2D eigenvalue weighted by Crippen LogP contribution is 2.23. The largest absolute Gasteiger partial charge is 0.339 e. The molecular formula is C22H29N3O4S. The number of carbonyl (C=O) groups excluding carboxylic acids is 2. The molecule has 0 spiro atoms. The van der Waals surface area contributed by atoms with Gasteiger partial charge in [0.05, 0.1) is 23.2 Å². The zero-order chi connectivity index (χ0) is 22.5. The molecule has 0 fully saturated rings. The molecule has 0 heterocycles. The zero-order valence-electron chi connectivity index (χ0n) is 18.0. The topological polar surface area (TPSA) is 86.8 Å². The number of para-hydroxylation sites is 1. The Hall–Kier alpha value is -2.87. The predicted octanol–water partition coefficient (Wildman–Crippen LogP) is 3.27. The molecule has 2 amide bonds. The van der Waals surface area contributed by atoms with Crippen molar-refractivity contribution in [2.75, 3.05) is 29.0 Å². The monoisotopic (exact) mass is 431 g/mol. The predicted molar refractivity (Wildman–Crippen MR) is 120 cm³/mol. The van der Waals surface area contributed by atoms with Gasteiger partial charge in [0.1, 0.15) is 6.04 Å². The average molecular weight is 432 g/mol. The number of hydrogen-bond donors (Lipinski definition) is 1. The zero-order valence-corrected chi connectivity index (χ0v) is 18.9. The van der Waals surface area contributed by atoms with E-state index in [0.717, 1.165) is 16.1 Å². The second-order valence-corrected chi connectivity index (χ2v) is 8.94. The molecular weight excluding hydrogens is 402 g/mol. The van der Waals surface area contributed by atoms with Crippen LogP contribution in [0.2, 0.25) is 0 Å². The molecule has 0 aliphatic rings. The van der Waals surface area contributed by atoms with Gasteiger partial charge in [-0.05, 0) is 52.0 Å². The minimum absolute atomic E-state index is 0.193. The van der Waals surface area contributed by atoms with Crippen molar-refractivity contribution in [3.05, 3.63) is 59.7 Å². The number of anilines is 2. The van der Waals surface area contributed by atoms with Gasteiger partial charge < -0.3 is 10.2 Å². The first kappa shape index (κ1) is 23.4. The summed E-state index contributed by atoms with van der Waals surface area (Å²) in [4.78, 5) is 27.4. The molecule has 0 bridgehead atoms. The highest BCUT2D eigenvalue weighted by atomic mass is 32.2. The number of carbonyl (C=O) groups is 2. The molecule has 30 heavy (non-hydrogen) atoms. The standard InChI is InChI=1S/C22H29N3O4S/c1-6-24(7-2)22(27)19-10-8-9-11-20(19)23-21(26)17(4)25(30(5,28)29)18-14-12-16(3)13-15-18/h8-15,17H,6-7H2,1-5H3,(H,23,26)/t17-/m1/s1. The summed E-state index contributed by atoms with van der Waals surface area (Å²) in [6, 6.07) is 12.6. The van der Waals surface area contributed by atoms with Crippen LogP contribution in [-0.4, -0.2) is 50.5 Å². The van der Waals surface area contributed by atoms with Crippen LogP contribution in [0.4, 0.5) is 11.4 Å². The van der Waals surface area contributed by atoms with Crippen LogP contribution in [0, 0.1) is 6.92 Å². The van der Waals surface area contributed by atoms with Gasteiger partial charge in [0.15, 0.2) is 0 Å². The maximum atomic E-state index is 13.0. The van der Waals surface area contributed by atoms with E-state index in [1.165, 1.54) is 6.92 Å². The van der Waals surface area contributed by atoms with E-state index in [2.05, 4.69) is 5.32 Å². The van der Waals surface area contributed by atoms with E-state index < -0.39 is 22.0 Å². The molecule has 2 aromatic carbocycles. The Labute approximate surface area is 178 Å². The third-order valence-corrected chi connectivity index (χ3v) is 6.08. The summed E-state index contributed by atoms with van der Waals surface area (Å²) in [6.07, 6.45) is 1.06. The van der Waals surface area contributed by atoms with E-state index in [4.69, 9.17) is 0 Å². The molecule has 8 heteroatoms. The molecule has 0 aliphatic heterocycles. The summed E-state index contributed by atoms with van der Waals surface area (Å²) in [5, 5.41) is 2.74. The Bertz CT molecular complexity index is 999. The van der Waals surface area contributed by atoms with E-state index in [1.807, 2.05) is 20.8 Å². The van der Waals surface area contributed by atoms with Crippen molar-refractivity contribution in [1.29, 1.82) is 0 Å². The van der Waals surface area contributed by atoms with Crippen molar-refractivity contribution in [2.45, 2.75) is 33.7 Å². The van der Waals surface area contributed by atoms with Gasteiger partial charge in [0, 0.05) is 13.1 Å².